The molecule has 5 heteroatoms. The molecule has 0 aliphatic carbocycles. The normalized spacial score (nSPS) is 9.65. The Morgan fingerprint density at radius 1 is 1.04 bits per heavy atom. The van der Waals surface area contributed by atoms with Crippen molar-refractivity contribution in [2.24, 2.45) is 0 Å². The van der Waals surface area contributed by atoms with E-state index in [9.17, 15) is 9.18 Å². The number of hydrogen-bond acceptors (Lipinski definition) is 3. The standard InChI is InChI=1S/C15H16N2O2.C6H5F/c1-3-16-15(18)14-8-7-12(10-17-14)11-5-4-6-13(9-11)19-2;7-6-4-2-1-3-5-6/h4-10H,3H2,1-2H3,(H,16,18);1-5H. The van der Waals surface area contributed by atoms with Crippen LogP contribution in [0.5, 0.6) is 5.75 Å². The van der Waals surface area contributed by atoms with Crippen molar-refractivity contribution < 1.29 is 13.9 Å². The smallest absolute Gasteiger partial charge is 0.269 e. The van der Waals surface area contributed by atoms with Gasteiger partial charge in [-0.3, -0.25) is 9.78 Å². The van der Waals surface area contributed by atoms with Crippen LogP contribution in [0.3, 0.4) is 0 Å². The van der Waals surface area contributed by atoms with Gasteiger partial charge in [0.15, 0.2) is 0 Å². The Kier molecular flexibility index (Phi) is 7.31. The molecule has 2 aromatic carbocycles. The lowest BCUT2D eigenvalue weighted by Crippen LogP contribution is -2.23. The Hall–Kier alpha value is -3.21. The van der Waals surface area contributed by atoms with Crippen LogP contribution in [0.4, 0.5) is 4.39 Å². The SMILES string of the molecule is CCNC(=O)c1ccc(-c2cccc(OC)c2)cn1.Fc1ccccc1. The highest BCUT2D eigenvalue weighted by molar-refractivity contribution is 5.92. The molecule has 0 saturated heterocycles. The van der Waals surface area contributed by atoms with Crippen molar-refractivity contribution in [1.82, 2.24) is 10.3 Å². The third-order valence-electron chi connectivity index (χ3n) is 3.47. The van der Waals surface area contributed by atoms with Crippen molar-refractivity contribution in [3.05, 3.63) is 84.4 Å². The summed E-state index contributed by atoms with van der Waals surface area (Å²) in [6.45, 7) is 2.47. The van der Waals surface area contributed by atoms with Gasteiger partial charge in [-0.15, -0.1) is 0 Å². The molecule has 0 aliphatic rings. The van der Waals surface area contributed by atoms with E-state index in [0.29, 0.717) is 12.2 Å². The average molecular weight is 352 g/mol. The lowest BCUT2D eigenvalue weighted by Gasteiger charge is -2.05. The lowest BCUT2D eigenvalue weighted by atomic mass is 10.1. The molecule has 0 atom stereocenters. The van der Waals surface area contributed by atoms with Gasteiger partial charge >= 0.3 is 0 Å². The molecule has 3 aromatic rings. The maximum absolute atomic E-state index is 11.9. The summed E-state index contributed by atoms with van der Waals surface area (Å²) in [6.07, 6.45) is 1.69. The summed E-state index contributed by atoms with van der Waals surface area (Å²) < 4.78 is 17.1. The first kappa shape index (κ1) is 19.1. The van der Waals surface area contributed by atoms with E-state index >= 15 is 0 Å². The summed E-state index contributed by atoms with van der Waals surface area (Å²) in [7, 11) is 1.63. The van der Waals surface area contributed by atoms with E-state index in [4.69, 9.17) is 4.74 Å². The first-order valence-electron chi connectivity index (χ1n) is 8.23. The van der Waals surface area contributed by atoms with Gasteiger partial charge in [0.25, 0.3) is 5.91 Å². The van der Waals surface area contributed by atoms with Gasteiger partial charge in [0.1, 0.15) is 17.3 Å². The van der Waals surface area contributed by atoms with Crippen molar-refractivity contribution >= 4 is 5.91 Å². The number of carbonyl (C=O) groups is 1. The van der Waals surface area contributed by atoms with Crippen LogP contribution < -0.4 is 10.1 Å². The molecular weight excluding hydrogens is 331 g/mol. The van der Waals surface area contributed by atoms with Gasteiger partial charge < -0.3 is 10.1 Å². The zero-order valence-electron chi connectivity index (χ0n) is 14.8. The fraction of sp³-hybridized carbons (Fsp3) is 0.143. The van der Waals surface area contributed by atoms with Gasteiger partial charge in [-0.2, -0.15) is 0 Å². The average Bonchev–Trinajstić information content (AvgIpc) is 2.69. The second-order valence-electron chi connectivity index (χ2n) is 5.32. The second-order valence-corrected chi connectivity index (χ2v) is 5.32. The third kappa shape index (κ3) is 5.70. The summed E-state index contributed by atoms with van der Waals surface area (Å²) in [5, 5.41) is 2.72. The number of nitrogens with zero attached hydrogens (tertiary/aromatic N) is 1. The maximum Gasteiger partial charge on any atom is 0.269 e. The van der Waals surface area contributed by atoms with Crippen molar-refractivity contribution in [2.75, 3.05) is 13.7 Å². The van der Waals surface area contributed by atoms with Crippen molar-refractivity contribution in [3.63, 3.8) is 0 Å². The number of amides is 1. The Morgan fingerprint density at radius 2 is 1.81 bits per heavy atom. The van der Waals surface area contributed by atoms with E-state index < -0.39 is 0 Å². The van der Waals surface area contributed by atoms with E-state index in [1.165, 1.54) is 12.1 Å². The van der Waals surface area contributed by atoms with Crippen LogP contribution in [-0.2, 0) is 0 Å². The van der Waals surface area contributed by atoms with E-state index in [2.05, 4.69) is 10.3 Å². The largest absolute Gasteiger partial charge is 0.497 e. The maximum atomic E-state index is 11.9. The molecule has 0 aliphatic heterocycles. The fourth-order valence-electron chi connectivity index (χ4n) is 2.17. The molecule has 0 unspecified atom stereocenters. The molecule has 0 spiro atoms. The molecule has 1 heterocycles. The molecule has 0 radical (unpaired) electrons. The molecule has 0 bridgehead atoms. The predicted molar refractivity (Wildman–Crippen MR) is 101 cm³/mol. The van der Waals surface area contributed by atoms with Crippen LogP contribution in [0.15, 0.2) is 72.9 Å². The lowest BCUT2D eigenvalue weighted by molar-refractivity contribution is 0.0951. The number of rotatable bonds is 4. The molecular formula is C21H21FN2O2. The highest BCUT2D eigenvalue weighted by atomic mass is 19.1. The highest BCUT2D eigenvalue weighted by Gasteiger charge is 2.06. The molecule has 3 rings (SSSR count). The van der Waals surface area contributed by atoms with E-state index in [0.717, 1.165) is 16.9 Å². The van der Waals surface area contributed by atoms with Crippen LogP contribution in [0.1, 0.15) is 17.4 Å². The van der Waals surface area contributed by atoms with E-state index in [-0.39, 0.29) is 11.7 Å². The minimum Gasteiger partial charge on any atom is -0.497 e. The molecule has 4 nitrogen and oxygen atoms in total. The number of ether oxygens (including phenoxy) is 1. The minimum absolute atomic E-state index is 0.153. The third-order valence-corrected chi connectivity index (χ3v) is 3.47. The van der Waals surface area contributed by atoms with Crippen LogP contribution in [0.25, 0.3) is 11.1 Å². The summed E-state index contributed by atoms with van der Waals surface area (Å²) >= 11 is 0. The van der Waals surface area contributed by atoms with Gasteiger partial charge in [-0.1, -0.05) is 36.4 Å². The van der Waals surface area contributed by atoms with Crippen molar-refractivity contribution in [1.29, 1.82) is 0 Å². The Bertz CT molecular complexity index is 821. The van der Waals surface area contributed by atoms with E-state index in [1.807, 2.05) is 37.3 Å². The van der Waals surface area contributed by atoms with Crippen LogP contribution in [0, 0.1) is 5.82 Å². The molecule has 1 amide bonds. The number of methoxy groups -OCH3 is 1. The summed E-state index contributed by atoms with van der Waals surface area (Å²) in [5.74, 6) is 0.465. The van der Waals surface area contributed by atoms with Crippen molar-refractivity contribution in [3.8, 4) is 16.9 Å². The van der Waals surface area contributed by atoms with Crippen LogP contribution in [-0.4, -0.2) is 24.5 Å². The van der Waals surface area contributed by atoms with Gasteiger partial charge in [-0.05, 0) is 42.8 Å². The van der Waals surface area contributed by atoms with Gasteiger partial charge in [-0.25, -0.2) is 4.39 Å². The first-order valence-corrected chi connectivity index (χ1v) is 8.23. The predicted octanol–water partition coefficient (Wildman–Crippen LogP) is 4.33. The first-order chi connectivity index (χ1) is 12.6. The Labute approximate surface area is 152 Å². The monoisotopic (exact) mass is 352 g/mol. The zero-order chi connectivity index (χ0) is 18.8. The molecule has 0 fully saturated rings. The zero-order valence-corrected chi connectivity index (χ0v) is 14.8. The quantitative estimate of drug-likeness (QED) is 0.760. The summed E-state index contributed by atoms with van der Waals surface area (Å²) in [4.78, 5) is 15.8. The minimum atomic E-state index is -0.178. The van der Waals surface area contributed by atoms with E-state index in [1.54, 1.807) is 37.6 Å². The number of benzene rings is 2. The second kappa shape index (κ2) is 9.93. The Morgan fingerprint density at radius 3 is 2.35 bits per heavy atom. The van der Waals surface area contributed by atoms with Gasteiger partial charge in [0.2, 0.25) is 0 Å². The Balaban J connectivity index is 0.000000290. The van der Waals surface area contributed by atoms with Crippen LogP contribution >= 0.6 is 0 Å². The molecule has 1 N–H and O–H groups in total. The topological polar surface area (TPSA) is 51.2 Å². The number of carbonyl (C=O) groups excluding carboxylic acids is 1. The fourth-order valence-corrected chi connectivity index (χ4v) is 2.17. The van der Waals surface area contributed by atoms with Gasteiger partial charge in [0, 0.05) is 18.3 Å². The van der Waals surface area contributed by atoms with Gasteiger partial charge in [0.05, 0.1) is 7.11 Å². The van der Waals surface area contributed by atoms with Crippen molar-refractivity contribution in [2.45, 2.75) is 6.92 Å². The number of aromatic nitrogens is 1. The van der Waals surface area contributed by atoms with Crippen LogP contribution in [0.2, 0.25) is 0 Å². The molecule has 0 saturated carbocycles. The molecule has 26 heavy (non-hydrogen) atoms. The summed E-state index contributed by atoms with van der Waals surface area (Å²) in [5.41, 5.74) is 2.38. The number of hydrogen-bond donors (Lipinski definition) is 1. The molecule has 1 aromatic heterocycles. The number of nitrogens with one attached hydrogen (secondary N) is 1. The highest BCUT2D eigenvalue weighted by Crippen LogP contribution is 2.23. The molecule has 134 valence electrons. The number of pyridine rings is 1. The summed E-state index contributed by atoms with van der Waals surface area (Å²) in [6, 6.07) is 19.3. The number of halogens is 1.